The van der Waals surface area contributed by atoms with E-state index in [1.54, 1.807) is 12.1 Å². The van der Waals surface area contributed by atoms with E-state index in [4.69, 9.17) is 0 Å². The smallest absolute Gasteiger partial charge is 0.313 e. The lowest BCUT2D eigenvalue weighted by molar-refractivity contribution is -0.136. The number of rotatable bonds is 6. The molecule has 0 radical (unpaired) electrons. The lowest BCUT2D eigenvalue weighted by Gasteiger charge is -2.11. The molecule has 5 heteroatoms. The van der Waals surface area contributed by atoms with Crippen LogP contribution in [0.25, 0.3) is 0 Å². The maximum Gasteiger partial charge on any atom is 0.313 e. The van der Waals surface area contributed by atoms with Gasteiger partial charge in [-0.3, -0.25) is 9.59 Å². The van der Waals surface area contributed by atoms with Crippen LogP contribution in [-0.2, 0) is 22.6 Å². The topological polar surface area (TPSA) is 61.4 Å². The highest BCUT2D eigenvalue weighted by Crippen LogP contribution is 2.09. The molecule has 2 aromatic rings. The van der Waals surface area contributed by atoms with Gasteiger partial charge >= 0.3 is 11.8 Å². The molecule has 0 aliphatic carbocycles. The second kappa shape index (κ2) is 8.99. The van der Waals surface area contributed by atoms with E-state index in [-0.39, 0.29) is 0 Å². The molecule has 132 valence electrons. The van der Waals surface area contributed by atoms with E-state index in [0.29, 0.717) is 18.7 Å². The van der Waals surface area contributed by atoms with Crippen molar-refractivity contribution in [2.24, 2.45) is 0 Å². The van der Waals surface area contributed by atoms with Crippen molar-refractivity contribution in [1.29, 1.82) is 0 Å². The molecule has 0 saturated carbocycles. The predicted octanol–water partition coefficient (Wildman–Crippen LogP) is 2.35. The van der Waals surface area contributed by atoms with Gasteiger partial charge in [-0.1, -0.05) is 42.0 Å². The zero-order valence-corrected chi connectivity index (χ0v) is 15.0. The van der Waals surface area contributed by atoms with Crippen LogP contribution < -0.4 is 10.6 Å². The number of carbonyl (C=O) groups is 2. The summed E-state index contributed by atoms with van der Waals surface area (Å²) >= 11 is 0. The standard InChI is InChI=1S/C20H25N3O2/c1-15-7-9-18(10-8-15)22-20(25)19(24)21-12-11-16-5-4-6-17(13-16)14-23(2)3/h4-10,13H,11-12,14H2,1-3H3,(H,21,24)(H,22,25). The normalized spacial score (nSPS) is 10.6. The van der Waals surface area contributed by atoms with Crippen LogP contribution >= 0.6 is 0 Å². The maximum absolute atomic E-state index is 11.9. The highest BCUT2D eigenvalue weighted by molar-refractivity contribution is 6.39. The first kappa shape index (κ1) is 18.7. The zero-order valence-electron chi connectivity index (χ0n) is 15.0. The molecule has 2 aromatic carbocycles. The predicted molar refractivity (Wildman–Crippen MR) is 100 cm³/mol. The third kappa shape index (κ3) is 6.39. The van der Waals surface area contributed by atoms with E-state index in [9.17, 15) is 9.59 Å². The minimum atomic E-state index is -0.648. The molecule has 0 saturated heterocycles. The Bertz CT molecular complexity index is 724. The molecule has 0 unspecified atom stereocenters. The van der Waals surface area contributed by atoms with Crippen LogP contribution in [0.5, 0.6) is 0 Å². The molecular formula is C20H25N3O2. The number of benzene rings is 2. The quantitative estimate of drug-likeness (QED) is 0.794. The Morgan fingerprint density at radius 1 is 0.960 bits per heavy atom. The number of carbonyl (C=O) groups excluding carboxylic acids is 2. The maximum atomic E-state index is 11.9. The van der Waals surface area contributed by atoms with E-state index in [0.717, 1.165) is 17.7 Å². The van der Waals surface area contributed by atoms with Crippen molar-refractivity contribution in [3.05, 3.63) is 65.2 Å². The fourth-order valence-electron chi connectivity index (χ4n) is 2.47. The molecule has 0 aliphatic heterocycles. The molecule has 0 bridgehead atoms. The molecule has 0 spiro atoms. The Morgan fingerprint density at radius 3 is 2.32 bits per heavy atom. The largest absolute Gasteiger partial charge is 0.347 e. The van der Waals surface area contributed by atoms with E-state index in [1.807, 2.05) is 45.3 Å². The van der Waals surface area contributed by atoms with Crippen molar-refractivity contribution in [1.82, 2.24) is 10.2 Å². The molecule has 0 aromatic heterocycles. The molecule has 2 rings (SSSR count). The summed E-state index contributed by atoms with van der Waals surface area (Å²) in [5.74, 6) is -1.27. The third-order valence-corrected chi connectivity index (χ3v) is 3.71. The molecule has 0 fully saturated rings. The van der Waals surface area contributed by atoms with Crippen molar-refractivity contribution in [3.8, 4) is 0 Å². The summed E-state index contributed by atoms with van der Waals surface area (Å²) in [6, 6.07) is 15.6. The van der Waals surface area contributed by atoms with Gasteiger partial charge in [0.05, 0.1) is 0 Å². The Labute approximate surface area is 149 Å². The van der Waals surface area contributed by atoms with E-state index in [1.165, 1.54) is 5.56 Å². The number of nitrogens with zero attached hydrogens (tertiary/aromatic N) is 1. The number of nitrogens with one attached hydrogen (secondary N) is 2. The Balaban J connectivity index is 1.79. The minimum Gasteiger partial charge on any atom is -0.347 e. The van der Waals surface area contributed by atoms with Gasteiger partial charge in [-0.25, -0.2) is 0 Å². The van der Waals surface area contributed by atoms with Gasteiger partial charge in [0, 0.05) is 18.8 Å². The molecule has 2 N–H and O–H groups in total. The Morgan fingerprint density at radius 2 is 1.64 bits per heavy atom. The molecule has 0 atom stereocenters. The fourth-order valence-corrected chi connectivity index (χ4v) is 2.47. The summed E-state index contributed by atoms with van der Waals surface area (Å²) in [5, 5.41) is 5.25. The number of amides is 2. The van der Waals surface area contributed by atoms with Gasteiger partial charge in [0.25, 0.3) is 0 Å². The van der Waals surface area contributed by atoms with Gasteiger partial charge in [-0.05, 0) is 50.7 Å². The van der Waals surface area contributed by atoms with Gasteiger partial charge in [-0.15, -0.1) is 0 Å². The lowest BCUT2D eigenvalue weighted by Crippen LogP contribution is -2.36. The van der Waals surface area contributed by atoms with Gasteiger partial charge in [0.15, 0.2) is 0 Å². The zero-order chi connectivity index (χ0) is 18.2. The number of hydrogen-bond acceptors (Lipinski definition) is 3. The first-order valence-corrected chi connectivity index (χ1v) is 8.32. The second-order valence-corrected chi connectivity index (χ2v) is 6.38. The first-order chi connectivity index (χ1) is 11.9. The summed E-state index contributed by atoms with van der Waals surface area (Å²) < 4.78 is 0. The van der Waals surface area contributed by atoms with Crippen molar-refractivity contribution in [2.45, 2.75) is 19.9 Å². The van der Waals surface area contributed by atoms with Crippen LogP contribution in [0.15, 0.2) is 48.5 Å². The van der Waals surface area contributed by atoms with Crippen LogP contribution in [0.2, 0.25) is 0 Å². The van der Waals surface area contributed by atoms with Gasteiger partial charge in [0.1, 0.15) is 0 Å². The number of aryl methyl sites for hydroxylation is 1. The average Bonchev–Trinajstić information content (AvgIpc) is 2.56. The monoisotopic (exact) mass is 339 g/mol. The summed E-state index contributed by atoms with van der Waals surface area (Å²) in [7, 11) is 4.05. The minimum absolute atomic E-state index is 0.422. The van der Waals surface area contributed by atoms with Crippen LogP contribution in [0.3, 0.4) is 0 Å². The SMILES string of the molecule is Cc1ccc(NC(=O)C(=O)NCCc2cccc(CN(C)C)c2)cc1. The third-order valence-electron chi connectivity index (χ3n) is 3.71. The number of hydrogen-bond donors (Lipinski definition) is 2. The molecule has 0 aliphatic rings. The van der Waals surface area contributed by atoms with Crippen LogP contribution in [0.1, 0.15) is 16.7 Å². The Hall–Kier alpha value is -2.66. The summed E-state index contributed by atoms with van der Waals surface area (Å²) in [6.07, 6.45) is 0.685. The molecule has 0 heterocycles. The molecule has 5 nitrogen and oxygen atoms in total. The average molecular weight is 339 g/mol. The summed E-state index contributed by atoms with van der Waals surface area (Å²) in [6.45, 7) is 3.26. The molecule has 25 heavy (non-hydrogen) atoms. The highest BCUT2D eigenvalue weighted by Gasteiger charge is 2.12. The highest BCUT2D eigenvalue weighted by atomic mass is 16.2. The van der Waals surface area contributed by atoms with E-state index < -0.39 is 11.8 Å². The van der Waals surface area contributed by atoms with Crippen LogP contribution in [-0.4, -0.2) is 37.4 Å². The van der Waals surface area contributed by atoms with Crippen molar-refractivity contribution in [2.75, 3.05) is 26.0 Å². The molecule has 2 amide bonds. The van der Waals surface area contributed by atoms with Crippen molar-refractivity contribution >= 4 is 17.5 Å². The second-order valence-electron chi connectivity index (χ2n) is 6.38. The van der Waals surface area contributed by atoms with Gasteiger partial charge in [0.2, 0.25) is 0 Å². The van der Waals surface area contributed by atoms with Gasteiger partial charge in [-0.2, -0.15) is 0 Å². The summed E-state index contributed by atoms with van der Waals surface area (Å²) in [4.78, 5) is 25.9. The lowest BCUT2D eigenvalue weighted by atomic mass is 10.1. The Kier molecular flexibility index (Phi) is 6.71. The van der Waals surface area contributed by atoms with E-state index in [2.05, 4.69) is 27.7 Å². The van der Waals surface area contributed by atoms with Gasteiger partial charge < -0.3 is 15.5 Å². The van der Waals surface area contributed by atoms with Crippen LogP contribution in [0, 0.1) is 6.92 Å². The molecular weight excluding hydrogens is 314 g/mol. The number of anilines is 1. The van der Waals surface area contributed by atoms with Crippen molar-refractivity contribution < 1.29 is 9.59 Å². The first-order valence-electron chi connectivity index (χ1n) is 8.32. The van der Waals surface area contributed by atoms with E-state index >= 15 is 0 Å². The van der Waals surface area contributed by atoms with Crippen LogP contribution in [0.4, 0.5) is 5.69 Å². The van der Waals surface area contributed by atoms with Crippen molar-refractivity contribution in [3.63, 3.8) is 0 Å². The summed E-state index contributed by atoms with van der Waals surface area (Å²) in [5.41, 5.74) is 4.07. The fraction of sp³-hybridized carbons (Fsp3) is 0.300.